The van der Waals surface area contributed by atoms with Crippen molar-refractivity contribution in [3.63, 3.8) is 0 Å². The van der Waals surface area contributed by atoms with Gasteiger partial charge in [-0.1, -0.05) is 0 Å². The Hall–Kier alpha value is -0.890. The lowest BCUT2D eigenvalue weighted by Crippen LogP contribution is -2.46. The molecule has 0 aromatic heterocycles. The minimum atomic E-state index is -0.178. The third kappa shape index (κ3) is 23.3. The molecule has 0 aliphatic heterocycles. The van der Waals surface area contributed by atoms with Gasteiger partial charge in [-0.2, -0.15) is 0 Å². The highest BCUT2D eigenvalue weighted by atomic mass is 16.2. The van der Waals surface area contributed by atoms with E-state index in [1.807, 2.05) is 0 Å². The third-order valence-corrected chi connectivity index (χ3v) is 5.71. The molecule has 0 radical (unpaired) electrons. The Kier molecular flexibility index (Phi) is 27.0. The van der Waals surface area contributed by atoms with Crippen LogP contribution in [0.25, 0.3) is 0 Å². The molecule has 0 fully saturated rings. The number of carbonyl (C=O) groups is 1. The highest BCUT2D eigenvalue weighted by Crippen LogP contribution is 1.99. The lowest BCUT2D eigenvalue weighted by atomic mass is 10.1. The van der Waals surface area contributed by atoms with Crippen molar-refractivity contribution in [2.45, 2.75) is 70.0 Å². The van der Waals surface area contributed by atoms with Gasteiger partial charge in [0, 0.05) is 6.54 Å². The summed E-state index contributed by atoms with van der Waals surface area (Å²) in [5.74, 6) is 0.0742. The first-order valence-corrected chi connectivity index (χ1v) is 13.9. The molecule has 2 unspecified atom stereocenters. The number of carbonyl (C=O) groups excluding carboxylic acids is 1. The second-order valence-corrected chi connectivity index (χ2v) is 8.97. The van der Waals surface area contributed by atoms with Crippen LogP contribution in [0.4, 0.5) is 0 Å². The fourth-order valence-corrected chi connectivity index (χ4v) is 3.62. The smallest absolute Gasteiger partial charge is 0.237 e. The van der Waals surface area contributed by atoms with Crippen LogP contribution in [0, 0.1) is 0 Å². The zero-order valence-electron chi connectivity index (χ0n) is 22.2. The second kappa shape index (κ2) is 27.7. The van der Waals surface area contributed by atoms with E-state index >= 15 is 0 Å². The number of rotatable bonds is 28. The van der Waals surface area contributed by atoms with Gasteiger partial charge in [0.2, 0.25) is 5.91 Å². The predicted molar refractivity (Wildman–Crippen MR) is 148 cm³/mol. The molecule has 210 valence electrons. The summed E-state index contributed by atoms with van der Waals surface area (Å²) in [5, 5.41) is 20.4. The number of amides is 1. The van der Waals surface area contributed by atoms with Gasteiger partial charge in [-0.3, -0.25) is 4.79 Å². The molecule has 0 saturated heterocycles. The molecule has 1 amide bonds. The van der Waals surface area contributed by atoms with Crippen molar-refractivity contribution in [2.75, 3.05) is 78.5 Å². The molecule has 0 aliphatic carbocycles. The SMILES string of the molecule is NCCCNCCCC(NCCCN)NCCCNC(=O)C(CCCNCCCN)NCCCN. The van der Waals surface area contributed by atoms with Gasteiger partial charge < -0.3 is 54.8 Å². The van der Waals surface area contributed by atoms with E-state index in [9.17, 15) is 4.79 Å². The Morgan fingerprint density at radius 3 is 1.54 bits per heavy atom. The van der Waals surface area contributed by atoms with E-state index in [-0.39, 0.29) is 18.1 Å². The molecule has 0 rings (SSSR count). The summed E-state index contributed by atoms with van der Waals surface area (Å²) in [5.41, 5.74) is 22.3. The van der Waals surface area contributed by atoms with Crippen LogP contribution in [-0.4, -0.2) is 96.7 Å². The van der Waals surface area contributed by atoms with Gasteiger partial charge >= 0.3 is 0 Å². The van der Waals surface area contributed by atoms with Crippen LogP contribution < -0.4 is 54.8 Å². The normalized spacial score (nSPS) is 13.1. The quantitative estimate of drug-likeness (QED) is 0.0426. The monoisotopic (exact) mass is 502 g/mol. The van der Waals surface area contributed by atoms with Crippen LogP contribution in [0.1, 0.15) is 57.8 Å². The summed E-state index contributed by atoms with van der Waals surface area (Å²) in [6, 6.07) is -0.178. The zero-order chi connectivity index (χ0) is 25.8. The Labute approximate surface area is 214 Å². The Morgan fingerprint density at radius 2 is 0.971 bits per heavy atom. The van der Waals surface area contributed by atoms with Crippen molar-refractivity contribution in [2.24, 2.45) is 22.9 Å². The fraction of sp³-hybridized carbons (Fsp3) is 0.958. The molecule has 0 saturated carbocycles. The molecule has 0 bridgehead atoms. The first kappa shape index (κ1) is 34.1. The van der Waals surface area contributed by atoms with Gasteiger partial charge in [-0.05, 0) is 130 Å². The lowest BCUT2D eigenvalue weighted by molar-refractivity contribution is -0.123. The van der Waals surface area contributed by atoms with E-state index in [1.54, 1.807) is 0 Å². The van der Waals surface area contributed by atoms with Gasteiger partial charge in [0.05, 0.1) is 12.2 Å². The topological polar surface area (TPSA) is 193 Å². The van der Waals surface area contributed by atoms with Crippen molar-refractivity contribution < 1.29 is 4.79 Å². The van der Waals surface area contributed by atoms with Crippen molar-refractivity contribution in [3.05, 3.63) is 0 Å². The lowest BCUT2D eigenvalue weighted by Gasteiger charge is -2.21. The highest BCUT2D eigenvalue weighted by Gasteiger charge is 2.16. The molecule has 0 spiro atoms. The van der Waals surface area contributed by atoms with E-state index in [1.165, 1.54) is 0 Å². The average molecular weight is 503 g/mol. The molecule has 11 nitrogen and oxygen atoms in total. The number of hydrogen-bond acceptors (Lipinski definition) is 10. The molecule has 0 heterocycles. The molecule has 2 atom stereocenters. The van der Waals surface area contributed by atoms with Crippen molar-refractivity contribution >= 4 is 5.91 Å². The van der Waals surface area contributed by atoms with Crippen molar-refractivity contribution in [1.29, 1.82) is 0 Å². The Morgan fingerprint density at radius 1 is 0.514 bits per heavy atom. The molecule has 0 aromatic carbocycles. The van der Waals surface area contributed by atoms with Gasteiger partial charge in [0.25, 0.3) is 0 Å². The van der Waals surface area contributed by atoms with E-state index < -0.39 is 0 Å². The van der Waals surface area contributed by atoms with Gasteiger partial charge in [-0.15, -0.1) is 0 Å². The number of hydrogen-bond donors (Lipinski definition) is 10. The average Bonchev–Trinajstić information content (AvgIpc) is 2.86. The van der Waals surface area contributed by atoms with E-state index in [4.69, 9.17) is 22.9 Å². The molecule has 0 aromatic rings. The predicted octanol–water partition coefficient (Wildman–Crippen LogP) is -1.91. The first-order chi connectivity index (χ1) is 17.2. The van der Waals surface area contributed by atoms with Crippen LogP contribution in [0.2, 0.25) is 0 Å². The minimum Gasteiger partial charge on any atom is -0.355 e. The van der Waals surface area contributed by atoms with Gasteiger partial charge in [-0.25, -0.2) is 0 Å². The largest absolute Gasteiger partial charge is 0.355 e. The summed E-state index contributed by atoms with van der Waals surface area (Å²) in [6.07, 6.45) is 8.82. The molecule has 0 aliphatic rings. The number of nitrogens with two attached hydrogens (primary N) is 4. The Bertz CT molecular complexity index is 445. The van der Waals surface area contributed by atoms with Crippen LogP contribution in [0.5, 0.6) is 0 Å². The fourth-order valence-electron chi connectivity index (χ4n) is 3.62. The molecular formula is C24H58N10O. The van der Waals surface area contributed by atoms with Crippen LogP contribution in [0.3, 0.4) is 0 Å². The second-order valence-electron chi connectivity index (χ2n) is 8.97. The van der Waals surface area contributed by atoms with Gasteiger partial charge in [0.1, 0.15) is 0 Å². The standard InChI is InChI=1S/C24H58N10O/c25-10-3-16-29-14-1-8-22(31-18-5-12-27)24(35)34-21-7-20-33-23(32-19-6-13-28)9-2-15-30-17-4-11-26/h22-23,29-33H,1-21,25-28H2,(H,34,35). The highest BCUT2D eigenvalue weighted by molar-refractivity contribution is 5.81. The first-order valence-electron chi connectivity index (χ1n) is 13.9. The molecular weight excluding hydrogens is 444 g/mol. The number of nitrogens with one attached hydrogen (secondary N) is 6. The van der Waals surface area contributed by atoms with Crippen LogP contribution in [-0.2, 0) is 4.79 Å². The summed E-state index contributed by atoms with van der Waals surface area (Å²) < 4.78 is 0. The van der Waals surface area contributed by atoms with Crippen LogP contribution >= 0.6 is 0 Å². The molecule has 14 N–H and O–H groups in total. The van der Waals surface area contributed by atoms with Crippen molar-refractivity contribution in [3.8, 4) is 0 Å². The van der Waals surface area contributed by atoms with Crippen molar-refractivity contribution in [1.82, 2.24) is 31.9 Å². The zero-order valence-corrected chi connectivity index (χ0v) is 22.2. The molecule has 35 heavy (non-hydrogen) atoms. The minimum absolute atomic E-state index is 0.0742. The maximum Gasteiger partial charge on any atom is 0.237 e. The summed E-state index contributed by atoms with van der Waals surface area (Å²) in [7, 11) is 0. The van der Waals surface area contributed by atoms with E-state index in [0.717, 1.165) is 110 Å². The maximum absolute atomic E-state index is 12.7. The summed E-state index contributed by atoms with van der Waals surface area (Å²) in [4.78, 5) is 12.7. The summed E-state index contributed by atoms with van der Waals surface area (Å²) in [6.45, 7) is 9.70. The Balaban J connectivity index is 4.21. The maximum atomic E-state index is 12.7. The molecule has 11 heteroatoms. The third-order valence-electron chi connectivity index (χ3n) is 5.71. The van der Waals surface area contributed by atoms with Crippen LogP contribution in [0.15, 0.2) is 0 Å². The van der Waals surface area contributed by atoms with E-state index in [0.29, 0.717) is 26.2 Å². The van der Waals surface area contributed by atoms with Gasteiger partial charge in [0.15, 0.2) is 0 Å². The van der Waals surface area contributed by atoms with E-state index in [2.05, 4.69) is 31.9 Å². The summed E-state index contributed by atoms with van der Waals surface area (Å²) >= 11 is 0.